The number of benzene rings is 1. The standard InChI is InChI=1S/C12H12F4N2O2/c13-8-5-7(12(14,15)16)1-2-9(8)18-4-3-17-6-10(18)11(19)20/h1-2,5,10,17H,3-4,6H2,(H,19,20). The predicted molar refractivity (Wildman–Crippen MR) is 63.0 cm³/mol. The molecule has 0 radical (unpaired) electrons. The van der Waals surface area contributed by atoms with Crippen LogP contribution in [0.3, 0.4) is 0 Å². The van der Waals surface area contributed by atoms with E-state index in [1.54, 1.807) is 0 Å². The molecule has 110 valence electrons. The van der Waals surface area contributed by atoms with Crippen molar-refractivity contribution in [1.29, 1.82) is 0 Å². The van der Waals surface area contributed by atoms with Crippen molar-refractivity contribution in [2.45, 2.75) is 12.2 Å². The molecule has 0 spiro atoms. The van der Waals surface area contributed by atoms with Crippen molar-refractivity contribution < 1.29 is 27.5 Å². The van der Waals surface area contributed by atoms with E-state index in [0.29, 0.717) is 12.6 Å². The minimum Gasteiger partial charge on any atom is -0.480 e. The van der Waals surface area contributed by atoms with E-state index in [9.17, 15) is 22.4 Å². The van der Waals surface area contributed by atoms with Gasteiger partial charge in [0.2, 0.25) is 0 Å². The van der Waals surface area contributed by atoms with Crippen LogP contribution < -0.4 is 10.2 Å². The number of piperazine rings is 1. The summed E-state index contributed by atoms with van der Waals surface area (Å²) in [5.41, 5.74) is -1.23. The number of carbonyl (C=O) groups is 1. The van der Waals surface area contributed by atoms with Gasteiger partial charge in [0.25, 0.3) is 0 Å². The zero-order valence-corrected chi connectivity index (χ0v) is 10.2. The Morgan fingerprint density at radius 1 is 1.40 bits per heavy atom. The molecular formula is C12H12F4N2O2. The summed E-state index contributed by atoms with van der Waals surface area (Å²) in [6, 6.07) is 1.10. The van der Waals surface area contributed by atoms with Crippen molar-refractivity contribution >= 4 is 11.7 Å². The molecule has 0 aromatic heterocycles. The van der Waals surface area contributed by atoms with Crippen LogP contribution >= 0.6 is 0 Å². The first-order valence-electron chi connectivity index (χ1n) is 5.87. The zero-order valence-electron chi connectivity index (χ0n) is 10.2. The van der Waals surface area contributed by atoms with E-state index in [4.69, 9.17) is 5.11 Å². The first-order chi connectivity index (χ1) is 9.30. The van der Waals surface area contributed by atoms with Crippen LogP contribution in [0.4, 0.5) is 23.2 Å². The zero-order chi connectivity index (χ0) is 14.9. The number of nitrogens with zero attached hydrogens (tertiary/aromatic N) is 1. The Hall–Kier alpha value is -1.83. The van der Waals surface area contributed by atoms with Gasteiger partial charge in [-0.15, -0.1) is 0 Å². The third kappa shape index (κ3) is 2.84. The molecule has 8 heteroatoms. The van der Waals surface area contributed by atoms with E-state index in [1.165, 1.54) is 4.90 Å². The van der Waals surface area contributed by atoms with E-state index in [1.807, 2.05) is 0 Å². The van der Waals surface area contributed by atoms with Gasteiger partial charge < -0.3 is 15.3 Å². The fourth-order valence-corrected chi connectivity index (χ4v) is 2.13. The Labute approximate surface area is 112 Å². The maximum atomic E-state index is 13.8. The van der Waals surface area contributed by atoms with Crippen LogP contribution in [0.15, 0.2) is 18.2 Å². The largest absolute Gasteiger partial charge is 0.480 e. The first-order valence-corrected chi connectivity index (χ1v) is 5.87. The molecule has 2 rings (SSSR count). The summed E-state index contributed by atoms with van der Waals surface area (Å²) in [5.74, 6) is -2.23. The van der Waals surface area contributed by atoms with Crippen molar-refractivity contribution in [1.82, 2.24) is 5.32 Å². The second kappa shape index (κ2) is 5.28. The fourth-order valence-electron chi connectivity index (χ4n) is 2.13. The minimum atomic E-state index is -4.63. The van der Waals surface area contributed by atoms with Gasteiger partial charge in [-0.3, -0.25) is 0 Å². The van der Waals surface area contributed by atoms with Crippen molar-refractivity contribution in [3.8, 4) is 0 Å². The number of nitrogens with one attached hydrogen (secondary N) is 1. The van der Waals surface area contributed by atoms with E-state index in [-0.39, 0.29) is 18.8 Å². The summed E-state index contributed by atoms with van der Waals surface area (Å²) in [6.07, 6.45) is -4.63. The van der Waals surface area contributed by atoms with Gasteiger partial charge in [-0.05, 0) is 18.2 Å². The predicted octanol–water partition coefficient (Wildman–Crippen LogP) is 1.71. The number of aliphatic carboxylic acids is 1. The van der Waals surface area contributed by atoms with Gasteiger partial charge in [0.1, 0.15) is 11.9 Å². The molecule has 4 nitrogen and oxygen atoms in total. The fraction of sp³-hybridized carbons (Fsp3) is 0.417. The molecule has 0 amide bonds. The molecule has 0 saturated carbocycles. The second-order valence-corrected chi connectivity index (χ2v) is 4.42. The normalized spacial score (nSPS) is 20.0. The van der Waals surface area contributed by atoms with Gasteiger partial charge in [0, 0.05) is 19.6 Å². The van der Waals surface area contributed by atoms with Gasteiger partial charge in [-0.2, -0.15) is 13.2 Å². The van der Waals surface area contributed by atoms with Crippen molar-refractivity contribution in [2.75, 3.05) is 24.5 Å². The summed E-state index contributed by atoms with van der Waals surface area (Å²) in [4.78, 5) is 12.3. The van der Waals surface area contributed by atoms with Gasteiger partial charge in [-0.1, -0.05) is 0 Å². The average molecular weight is 292 g/mol. The number of halogens is 4. The van der Waals surface area contributed by atoms with E-state index < -0.39 is 29.6 Å². The van der Waals surface area contributed by atoms with Gasteiger partial charge in [-0.25, -0.2) is 9.18 Å². The Kier molecular flexibility index (Phi) is 3.85. The highest BCUT2D eigenvalue weighted by Crippen LogP contribution is 2.32. The van der Waals surface area contributed by atoms with Gasteiger partial charge >= 0.3 is 12.1 Å². The number of alkyl halides is 3. The average Bonchev–Trinajstić information content (AvgIpc) is 2.37. The molecule has 20 heavy (non-hydrogen) atoms. The summed E-state index contributed by atoms with van der Waals surface area (Å²) < 4.78 is 51.2. The summed E-state index contributed by atoms with van der Waals surface area (Å²) in [5, 5.41) is 11.9. The Morgan fingerprint density at radius 2 is 2.10 bits per heavy atom. The lowest BCUT2D eigenvalue weighted by Crippen LogP contribution is -2.55. The molecule has 1 unspecified atom stereocenters. The minimum absolute atomic E-state index is 0.107. The molecule has 1 fully saturated rings. The van der Waals surface area contributed by atoms with Crippen molar-refractivity contribution in [3.05, 3.63) is 29.6 Å². The number of hydrogen-bond acceptors (Lipinski definition) is 3. The van der Waals surface area contributed by atoms with Crippen LogP contribution in [0, 0.1) is 5.82 Å². The Morgan fingerprint density at radius 3 is 2.65 bits per heavy atom. The van der Waals surface area contributed by atoms with E-state index in [0.717, 1.165) is 12.1 Å². The number of anilines is 1. The number of carboxylic acid groups (broad SMARTS) is 1. The highest BCUT2D eigenvalue weighted by atomic mass is 19.4. The number of carboxylic acids is 1. The summed E-state index contributed by atoms with van der Waals surface area (Å²) >= 11 is 0. The molecular weight excluding hydrogens is 280 g/mol. The highest BCUT2D eigenvalue weighted by molar-refractivity contribution is 5.79. The lowest BCUT2D eigenvalue weighted by atomic mass is 10.1. The third-order valence-corrected chi connectivity index (χ3v) is 3.11. The molecule has 2 N–H and O–H groups in total. The van der Waals surface area contributed by atoms with Crippen LogP contribution in [-0.2, 0) is 11.0 Å². The molecule has 1 saturated heterocycles. The van der Waals surface area contributed by atoms with E-state index >= 15 is 0 Å². The summed E-state index contributed by atoms with van der Waals surface area (Å²) in [7, 11) is 0. The van der Waals surface area contributed by atoms with Gasteiger partial charge in [0.15, 0.2) is 0 Å². The summed E-state index contributed by atoms with van der Waals surface area (Å²) in [6.45, 7) is 0.749. The molecule has 1 aliphatic rings. The number of rotatable bonds is 2. The maximum absolute atomic E-state index is 13.8. The molecule has 1 atom stereocenters. The topological polar surface area (TPSA) is 52.6 Å². The van der Waals surface area contributed by atoms with Crippen molar-refractivity contribution in [3.63, 3.8) is 0 Å². The van der Waals surface area contributed by atoms with Crippen molar-refractivity contribution in [2.24, 2.45) is 0 Å². The molecule has 1 heterocycles. The second-order valence-electron chi connectivity index (χ2n) is 4.42. The molecule has 1 aromatic rings. The maximum Gasteiger partial charge on any atom is 0.416 e. The van der Waals surface area contributed by atoms with Gasteiger partial charge in [0.05, 0.1) is 11.3 Å². The highest BCUT2D eigenvalue weighted by Gasteiger charge is 2.34. The molecule has 0 bridgehead atoms. The lowest BCUT2D eigenvalue weighted by Gasteiger charge is -2.35. The molecule has 1 aromatic carbocycles. The quantitative estimate of drug-likeness (QED) is 0.815. The third-order valence-electron chi connectivity index (χ3n) is 3.11. The molecule has 1 aliphatic heterocycles. The lowest BCUT2D eigenvalue weighted by molar-refractivity contribution is -0.139. The smallest absolute Gasteiger partial charge is 0.416 e. The van der Waals surface area contributed by atoms with Crippen LogP contribution in [-0.4, -0.2) is 36.8 Å². The van der Waals surface area contributed by atoms with Crippen LogP contribution in [0.1, 0.15) is 5.56 Å². The monoisotopic (exact) mass is 292 g/mol. The first kappa shape index (κ1) is 14.6. The van der Waals surface area contributed by atoms with Crippen LogP contribution in [0.5, 0.6) is 0 Å². The van der Waals surface area contributed by atoms with Crippen LogP contribution in [0.25, 0.3) is 0 Å². The molecule has 0 aliphatic carbocycles. The van der Waals surface area contributed by atoms with E-state index in [2.05, 4.69) is 5.32 Å². The Balaban J connectivity index is 2.34. The van der Waals surface area contributed by atoms with Crippen LogP contribution in [0.2, 0.25) is 0 Å². The number of hydrogen-bond donors (Lipinski definition) is 2. The SMILES string of the molecule is O=C(O)C1CNCCN1c1ccc(C(F)(F)F)cc1F. The Bertz CT molecular complexity index is 519.